The van der Waals surface area contributed by atoms with Crippen molar-refractivity contribution in [1.29, 1.82) is 0 Å². The number of hydrogen-bond acceptors (Lipinski definition) is 5. The van der Waals surface area contributed by atoms with E-state index in [1.54, 1.807) is 6.20 Å². The van der Waals surface area contributed by atoms with Crippen molar-refractivity contribution in [2.75, 3.05) is 13.2 Å². The van der Waals surface area contributed by atoms with E-state index in [1.165, 1.54) is 4.90 Å². The van der Waals surface area contributed by atoms with Crippen LogP contribution in [0.5, 0.6) is 5.75 Å². The first kappa shape index (κ1) is 22.2. The molecule has 0 unspecified atom stereocenters. The van der Waals surface area contributed by atoms with Crippen LogP contribution < -0.4 is 4.74 Å². The maximum atomic E-state index is 11.7. The quantitative estimate of drug-likeness (QED) is 0.318. The van der Waals surface area contributed by atoms with E-state index in [2.05, 4.69) is 27.4 Å². The van der Waals surface area contributed by atoms with Gasteiger partial charge in [0.25, 0.3) is 0 Å². The van der Waals surface area contributed by atoms with E-state index in [0.29, 0.717) is 29.7 Å². The third kappa shape index (κ3) is 5.36. The van der Waals surface area contributed by atoms with Crippen molar-refractivity contribution in [3.05, 3.63) is 41.7 Å². The number of pyridine rings is 1. The van der Waals surface area contributed by atoms with Crippen LogP contribution in [0.15, 0.2) is 41.5 Å². The lowest BCUT2D eigenvalue weighted by Crippen LogP contribution is -2.48. The normalized spacial score (nSPS) is 14.5. The van der Waals surface area contributed by atoms with Gasteiger partial charge in [0.15, 0.2) is 0 Å². The Hall–Kier alpha value is -2.47. The first-order chi connectivity index (χ1) is 14.1. The molecule has 1 aliphatic rings. The Kier molecular flexibility index (Phi) is 6.46. The highest BCUT2D eigenvalue weighted by Crippen LogP contribution is 2.47. The SMILES string of the molecule is CC(C)(C)N(CC1(COc2cnc(Cl)c(-c3ccc(N=C=S)cc3)c2)CC1)C(=O)O. The zero-order valence-electron chi connectivity index (χ0n) is 17.2. The van der Waals surface area contributed by atoms with Crippen molar-refractivity contribution in [3.8, 4) is 16.9 Å². The molecule has 1 aromatic carbocycles. The lowest BCUT2D eigenvalue weighted by Gasteiger charge is -2.36. The van der Waals surface area contributed by atoms with Gasteiger partial charge in [-0.3, -0.25) is 0 Å². The number of halogens is 1. The Morgan fingerprint density at radius 3 is 2.57 bits per heavy atom. The van der Waals surface area contributed by atoms with E-state index in [0.717, 1.165) is 24.0 Å². The molecule has 8 heteroatoms. The Morgan fingerprint density at radius 1 is 1.37 bits per heavy atom. The van der Waals surface area contributed by atoms with Crippen LogP contribution in [0.3, 0.4) is 0 Å². The summed E-state index contributed by atoms with van der Waals surface area (Å²) in [4.78, 5) is 21.4. The number of benzene rings is 1. The number of carboxylic acid groups (broad SMARTS) is 1. The summed E-state index contributed by atoms with van der Waals surface area (Å²) in [5.74, 6) is 0.597. The van der Waals surface area contributed by atoms with E-state index >= 15 is 0 Å². The smallest absolute Gasteiger partial charge is 0.407 e. The maximum absolute atomic E-state index is 11.7. The first-order valence-corrected chi connectivity index (χ1v) is 10.4. The third-order valence-corrected chi connectivity index (χ3v) is 5.60. The molecule has 1 N–H and O–H groups in total. The number of ether oxygens (including phenoxy) is 1. The van der Waals surface area contributed by atoms with Gasteiger partial charge in [-0.2, -0.15) is 4.99 Å². The highest BCUT2D eigenvalue weighted by Gasteiger charge is 2.47. The summed E-state index contributed by atoms with van der Waals surface area (Å²) >= 11 is 10.9. The number of nitrogens with zero attached hydrogens (tertiary/aromatic N) is 3. The molecule has 0 radical (unpaired) electrons. The van der Waals surface area contributed by atoms with E-state index < -0.39 is 11.6 Å². The number of amides is 1. The minimum absolute atomic E-state index is 0.161. The fourth-order valence-electron chi connectivity index (χ4n) is 3.17. The molecule has 1 saturated carbocycles. The van der Waals surface area contributed by atoms with Gasteiger partial charge in [0, 0.05) is 23.1 Å². The molecular formula is C22H24ClN3O3S. The van der Waals surface area contributed by atoms with Gasteiger partial charge in [-0.1, -0.05) is 23.7 Å². The van der Waals surface area contributed by atoms with Crippen LogP contribution in [0.2, 0.25) is 5.15 Å². The summed E-state index contributed by atoms with van der Waals surface area (Å²) in [6.45, 7) is 6.57. The van der Waals surface area contributed by atoms with Gasteiger partial charge in [0.1, 0.15) is 10.9 Å². The standard InChI is InChI=1S/C22H24ClN3O3S/c1-21(2,3)26(20(27)28)12-22(8-9-22)13-29-17-10-18(19(23)24-11-17)15-4-6-16(7-5-15)25-14-30/h4-7,10-11H,8-9,12-13H2,1-3H3,(H,27,28). The molecule has 1 fully saturated rings. The van der Waals surface area contributed by atoms with Gasteiger partial charge in [-0.15, -0.1) is 0 Å². The largest absolute Gasteiger partial charge is 0.491 e. The average molecular weight is 446 g/mol. The van der Waals surface area contributed by atoms with E-state index in [9.17, 15) is 9.90 Å². The number of thiocarbonyl (C=S) groups is 1. The molecule has 1 aliphatic carbocycles. The zero-order chi connectivity index (χ0) is 21.9. The molecule has 1 amide bonds. The lowest BCUT2D eigenvalue weighted by atomic mass is 10.0. The monoisotopic (exact) mass is 445 g/mol. The van der Waals surface area contributed by atoms with Gasteiger partial charge in [0.05, 0.1) is 23.7 Å². The fraction of sp³-hybridized carbons (Fsp3) is 0.409. The topological polar surface area (TPSA) is 75.0 Å². The number of aliphatic imine (C=N–C) groups is 1. The molecule has 0 aliphatic heterocycles. The summed E-state index contributed by atoms with van der Waals surface area (Å²) < 4.78 is 6.02. The minimum Gasteiger partial charge on any atom is -0.491 e. The molecule has 0 atom stereocenters. The molecule has 158 valence electrons. The Bertz CT molecular complexity index is 978. The summed E-state index contributed by atoms with van der Waals surface area (Å²) in [7, 11) is 0. The third-order valence-electron chi connectivity index (χ3n) is 5.20. The van der Waals surface area contributed by atoms with E-state index in [4.69, 9.17) is 16.3 Å². The summed E-state index contributed by atoms with van der Waals surface area (Å²) in [6.07, 6.45) is 2.54. The molecule has 1 heterocycles. The predicted octanol–water partition coefficient (Wildman–Crippen LogP) is 6.07. The Labute approximate surface area is 186 Å². The average Bonchev–Trinajstić information content (AvgIpc) is 3.46. The summed E-state index contributed by atoms with van der Waals surface area (Å²) in [5, 5.41) is 12.3. The van der Waals surface area contributed by atoms with E-state index in [1.807, 2.05) is 51.1 Å². The van der Waals surface area contributed by atoms with Crippen molar-refractivity contribution in [1.82, 2.24) is 9.88 Å². The number of rotatable bonds is 7. The number of carbonyl (C=O) groups is 1. The number of aromatic nitrogens is 1. The van der Waals surface area contributed by atoms with Crippen LogP contribution in [0.25, 0.3) is 11.1 Å². The molecule has 6 nitrogen and oxygen atoms in total. The van der Waals surface area contributed by atoms with Gasteiger partial charge in [0.2, 0.25) is 0 Å². The van der Waals surface area contributed by atoms with Crippen molar-refractivity contribution in [3.63, 3.8) is 0 Å². The maximum Gasteiger partial charge on any atom is 0.407 e. The van der Waals surface area contributed by atoms with Gasteiger partial charge in [-0.25, -0.2) is 9.78 Å². The zero-order valence-corrected chi connectivity index (χ0v) is 18.8. The lowest BCUT2D eigenvalue weighted by molar-refractivity contribution is 0.0746. The Balaban J connectivity index is 1.73. The summed E-state index contributed by atoms with van der Waals surface area (Å²) in [6, 6.07) is 9.26. The molecule has 0 saturated heterocycles. The van der Waals surface area contributed by atoms with Gasteiger partial charge < -0.3 is 14.7 Å². The Morgan fingerprint density at radius 2 is 2.03 bits per heavy atom. The minimum atomic E-state index is -0.911. The molecule has 30 heavy (non-hydrogen) atoms. The van der Waals surface area contributed by atoms with Crippen LogP contribution in [-0.2, 0) is 0 Å². The van der Waals surface area contributed by atoms with Crippen LogP contribution in [0.4, 0.5) is 10.5 Å². The molecule has 1 aromatic heterocycles. The second-order valence-corrected chi connectivity index (χ2v) is 9.13. The second-order valence-electron chi connectivity index (χ2n) is 8.59. The fourth-order valence-corrected chi connectivity index (χ4v) is 3.48. The van der Waals surface area contributed by atoms with Crippen molar-refractivity contribution >= 4 is 40.8 Å². The van der Waals surface area contributed by atoms with Crippen LogP contribution >= 0.6 is 23.8 Å². The van der Waals surface area contributed by atoms with Crippen LogP contribution in [-0.4, -0.2) is 44.9 Å². The van der Waals surface area contributed by atoms with Gasteiger partial charge >= 0.3 is 6.09 Å². The first-order valence-electron chi connectivity index (χ1n) is 9.61. The molecular weight excluding hydrogens is 422 g/mol. The van der Waals surface area contributed by atoms with Gasteiger partial charge in [-0.05, 0) is 69.6 Å². The summed E-state index contributed by atoms with van der Waals surface area (Å²) in [5.41, 5.74) is 1.72. The van der Waals surface area contributed by atoms with Crippen molar-refractivity contribution in [2.24, 2.45) is 10.4 Å². The molecule has 2 aromatic rings. The number of isothiocyanates is 1. The highest BCUT2D eigenvalue weighted by atomic mass is 35.5. The van der Waals surface area contributed by atoms with Crippen molar-refractivity contribution in [2.45, 2.75) is 39.2 Å². The van der Waals surface area contributed by atoms with Crippen LogP contribution in [0.1, 0.15) is 33.6 Å². The highest BCUT2D eigenvalue weighted by molar-refractivity contribution is 7.78. The van der Waals surface area contributed by atoms with E-state index in [-0.39, 0.29) is 5.41 Å². The second kappa shape index (κ2) is 8.72. The van der Waals surface area contributed by atoms with Crippen molar-refractivity contribution < 1.29 is 14.6 Å². The number of hydrogen-bond donors (Lipinski definition) is 1. The predicted molar refractivity (Wildman–Crippen MR) is 121 cm³/mol. The molecule has 0 bridgehead atoms. The van der Waals surface area contributed by atoms with Crippen LogP contribution in [0, 0.1) is 5.41 Å². The molecule has 3 rings (SSSR count). The molecule has 0 spiro atoms.